The van der Waals surface area contributed by atoms with Crippen LogP contribution in [-0.4, -0.2) is 48.2 Å². The molecule has 1 saturated heterocycles. The molecule has 1 fully saturated rings. The Hall–Kier alpha value is -3.93. The average Bonchev–Trinajstić information content (AvgIpc) is 3.49. The number of nitrogens with one attached hydrogen (secondary N) is 1. The molecular weight excluding hydrogens is 547 g/mol. The third kappa shape index (κ3) is 6.61. The van der Waals surface area contributed by atoms with Crippen molar-refractivity contribution in [2.45, 2.75) is 30.5 Å². The second-order valence-electron chi connectivity index (χ2n) is 9.21. The minimum Gasteiger partial charge on any atom is -0.493 e. The molecule has 0 aliphatic carbocycles. The van der Waals surface area contributed by atoms with Crippen LogP contribution in [0.5, 0.6) is 11.5 Å². The lowest BCUT2D eigenvalue weighted by molar-refractivity contribution is -0.137. The number of anilines is 2. The standard InChI is InChI=1S/C28H30F3N3O5S/c1-38-25-13-12-24(17-26(25)39-2)40(36,37)34(23-7-5-6-21(16-23)28(29,30)31)19-27(35)32-18-20-8-10-22(11-9-20)33-14-3-4-15-33/h5-13,16-17H,3-4,14-15,18-19H2,1-2H3,(H,32,35). The molecule has 0 radical (unpaired) electrons. The van der Waals surface area contributed by atoms with Crippen LogP contribution in [0.25, 0.3) is 0 Å². The van der Waals surface area contributed by atoms with Crippen molar-refractivity contribution >= 4 is 27.3 Å². The van der Waals surface area contributed by atoms with Gasteiger partial charge in [-0.1, -0.05) is 18.2 Å². The van der Waals surface area contributed by atoms with Crippen LogP contribution >= 0.6 is 0 Å². The Bertz CT molecular complexity index is 1440. The largest absolute Gasteiger partial charge is 0.493 e. The van der Waals surface area contributed by atoms with Gasteiger partial charge in [0.2, 0.25) is 5.91 Å². The van der Waals surface area contributed by atoms with Gasteiger partial charge in [-0.2, -0.15) is 13.2 Å². The van der Waals surface area contributed by atoms with Gasteiger partial charge in [0.1, 0.15) is 6.54 Å². The summed E-state index contributed by atoms with van der Waals surface area (Å²) < 4.78 is 78.7. The Kier molecular flexibility index (Phi) is 8.77. The third-order valence-corrected chi connectivity index (χ3v) is 8.36. The fourth-order valence-electron chi connectivity index (χ4n) is 4.44. The van der Waals surface area contributed by atoms with Crippen LogP contribution in [0, 0.1) is 0 Å². The van der Waals surface area contributed by atoms with Crippen molar-refractivity contribution in [2.75, 3.05) is 43.1 Å². The summed E-state index contributed by atoms with van der Waals surface area (Å²) in [6.45, 7) is 1.36. The maximum atomic E-state index is 13.7. The van der Waals surface area contributed by atoms with Gasteiger partial charge < -0.3 is 19.7 Å². The summed E-state index contributed by atoms with van der Waals surface area (Å²) in [5.74, 6) is -0.319. The second kappa shape index (κ2) is 12.1. The van der Waals surface area contributed by atoms with E-state index in [-0.39, 0.29) is 28.6 Å². The molecule has 1 aliphatic heterocycles. The highest BCUT2D eigenvalue weighted by molar-refractivity contribution is 7.92. The lowest BCUT2D eigenvalue weighted by atomic mass is 10.2. The third-order valence-electron chi connectivity index (χ3n) is 6.59. The van der Waals surface area contributed by atoms with Crippen LogP contribution in [0.4, 0.5) is 24.5 Å². The number of rotatable bonds is 10. The molecule has 1 heterocycles. The predicted octanol–water partition coefficient (Wildman–Crippen LogP) is 4.83. The number of hydrogen-bond donors (Lipinski definition) is 1. The Morgan fingerprint density at radius 2 is 1.62 bits per heavy atom. The number of amides is 1. The number of benzene rings is 3. The zero-order valence-corrected chi connectivity index (χ0v) is 22.9. The van der Waals surface area contributed by atoms with E-state index >= 15 is 0 Å². The van der Waals surface area contributed by atoms with Crippen molar-refractivity contribution < 1.29 is 35.9 Å². The van der Waals surface area contributed by atoms with E-state index in [0.717, 1.165) is 49.3 Å². The van der Waals surface area contributed by atoms with Gasteiger partial charge in [-0.25, -0.2) is 8.42 Å². The lowest BCUT2D eigenvalue weighted by Gasteiger charge is -2.25. The first kappa shape index (κ1) is 29.1. The molecule has 0 spiro atoms. The Labute approximate surface area is 231 Å². The summed E-state index contributed by atoms with van der Waals surface area (Å²) in [6.07, 6.45) is -2.42. The van der Waals surface area contributed by atoms with E-state index in [1.807, 2.05) is 24.3 Å². The summed E-state index contributed by atoms with van der Waals surface area (Å²) in [5, 5.41) is 2.67. The summed E-state index contributed by atoms with van der Waals surface area (Å²) in [5.41, 5.74) is 0.528. The molecule has 1 aliphatic rings. The van der Waals surface area contributed by atoms with Crippen LogP contribution in [-0.2, 0) is 27.5 Å². The second-order valence-corrected chi connectivity index (χ2v) is 11.1. The fraction of sp³-hybridized carbons (Fsp3) is 0.321. The van der Waals surface area contributed by atoms with E-state index in [9.17, 15) is 26.4 Å². The zero-order valence-electron chi connectivity index (χ0n) is 22.1. The average molecular weight is 578 g/mol. The van der Waals surface area contributed by atoms with Crippen molar-refractivity contribution in [2.24, 2.45) is 0 Å². The molecule has 1 N–H and O–H groups in total. The highest BCUT2D eigenvalue weighted by Gasteiger charge is 2.33. The quantitative estimate of drug-likeness (QED) is 0.371. The first-order chi connectivity index (χ1) is 19.0. The van der Waals surface area contributed by atoms with Gasteiger partial charge in [-0.15, -0.1) is 0 Å². The lowest BCUT2D eigenvalue weighted by Crippen LogP contribution is -2.40. The van der Waals surface area contributed by atoms with E-state index in [4.69, 9.17) is 9.47 Å². The predicted molar refractivity (Wildman–Crippen MR) is 145 cm³/mol. The van der Waals surface area contributed by atoms with Gasteiger partial charge in [0.15, 0.2) is 11.5 Å². The first-order valence-corrected chi connectivity index (χ1v) is 14.0. The molecule has 40 heavy (non-hydrogen) atoms. The first-order valence-electron chi connectivity index (χ1n) is 12.6. The monoisotopic (exact) mass is 577 g/mol. The molecular formula is C28H30F3N3O5S. The van der Waals surface area contributed by atoms with Gasteiger partial charge in [0.05, 0.1) is 30.4 Å². The van der Waals surface area contributed by atoms with Crippen LogP contribution < -0.4 is 24.0 Å². The van der Waals surface area contributed by atoms with E-state index < -0.39 is 34.2 Å². The number of carbonyl (C=O) groups excluding carboxylic acids is 1. The van der Waals surface area contributed by atoms with Crippen LogP contribution in [0.3, 0.4) is 0 Å². The SMILES string of the molecule is COc1ccc(S(=O)(=O)N(CC(=O)NCc2ccc(N3CCCC3)cc2)c2cccc(C(F)(F)F)c2)cc1OC. The maximum Gasteiger partial charge on any atom is 0.416 e. The molecule has 8 nitrogen and oxygen atoms in total. The molecule has 0 aromatic heterocycles. The van der Waals surface area contributed by atoms with Crippen molar-refractivity contribution in [1.82, 2.24) is 5.32 Å². The van der Waals surface area contributed by atoms with Crippen LogP contribution in [0.1, 0.15) is 24.0 Å². The topological polar surface area (TPSA) is 88.2 Å². The molecule has 3 aromatic rings. The van der Waals surface area contributed by atoms with Crippen LogP contribution in [0.2, 0.25) is 0 Å². The summed E-state index contributed by atoms with van der Waals surface area (Å²) in [6, 6.07) is 15.3. The minimum atomic E-state index is -4.71. The van der Waals surface area contributed by atoms with Crippen molar-refractivity contribution in [3.63, 3.8) is 0 Å². The molecule has 4 rings (SSSR count). The molecule has 12 heteroatoms. The van der Waals surface area contributed by atoms with E-state index in [1.165, 1.54) is 38.5 Å². The maximum absolute atomic E-state index is 13.7. The van der Waals surface area contributed by atoms with E-state index in [2.05, 4.69) is 10.2 Å². The minimum absolute atomic E-state index is 0.106. The molecule has 3 aromatic carbocycles. The Morgan fingerprint density at radius 1 is 0.950 bits per heavy atom. The zero-order chi connectivity index (χ0) is 28.9. The number of ether oxygens (including phenoxy) is 2. The number of halogens is 3. The smallest absolute Gasteiger partial charge is 0.416 e. The van der Waals surface area contributed by atoms with Gasteiger partial charge in [-0.05, 0) is 60.9 Å². The summed E-state index contributed by atoms with van der Waals surface area (Å²) >= 11 is 0. The highest BCUT2D eigenvalue weighted by atomic mass is 32.2. The number of nitrogens with zero attached hydrogens (tertiary/aromatic N) is 2. The van der Waals surface area contributed by atoms with Crippen molar-refractivity contribution in [1.29, 1.82) is 0 Å². The van der Waals surface area contributed by atoms with Gasteiger partial charge >= 0.3 is 6.18 Å². The Morgan fingerprint density at radius 3 is 2.25 bits per heavy atom. The molecule has 0 saturated carbocycles. The molecule has 214 valence electrons. The normalized spacial score (nSPS) is 13.7. The van der Waals surface area contributed by atoms with Gasteiger partial charge in [0, 0.05) is 31.4 Å². The van der Waals surface area contributed by atoms with Crippen molar-refractivity contribution in [3.8, 4) is 11.5 Å². The fourth-order valence-corrected chi connectivity index (χ4v) is 5.87. The van der Waals surface area contributed by atoms with Crippen LogP contribution in [0.15, 0.2) is 71.6 Å². The number of carbonyl (C=O) groups is 1. The van der Waals surface area contributed by atoms with Gasteiger partial charge in [-0.3, -0.25) is 9.10 Å². The van der Waals surface area contributed by atoms with E-state index in [0.29, 0.717) is 10.4 Å². The molecule has 0 bridgehead atoms. The number of alkyl halides is 3. The van der Waals surface area contributed by atoms with Gasteiger partial charge in [0.25, 0.3) is 10.0 Å². The number of hydrogen-bond acceptors (Lipinski definition) is 6. The summed E-state index contributed by atoms with van der Waals surface area (Å²) in [7, 11) is -1.80. The summed E-state index contributed by atoms with van der Waals surface area (Å²) in [4.78, 5) is 15.0. The molecule has 0 unspecified atom stereocenters. The number of methoxy groups -OCH3 is 2. The molecule has 1 amide bonds. The van der Waals surface area contributed by atoms with Crippen molar-refractivity contribution in [3.05, 3.63) is 77.9 Å². The molecule has 0 atom stereocenters. The van der Waals surface area contributed by atoms with E-state index in [1.54, 1.807) is 0 Å². The highest BCUT2D eigenvalue weighted by Crippen LogP contribution is 2.35. The Balaban J connectivity index is 1.59. The number of sulfonamides is 1.